The van der Waals surface area contributed by atoms with Gasteiger partial charge in [0.05, 0.1) is 10.9 Å². The number of fused-ring (bicyclic) bond motifs is 1. The number of para-hydroxylation sites is 1. The molecule has 3 aromatic rings. The Kier molecular flexibility index (Phi) is 6.32. The maximum absolute atomic E-state index is 12.4. The Morgan fingerprint density at radius 2 is 1.93 bits per heavy atom. The molecule has 4 rings (SSSR count). The summed E-state index contributed by atoms with van der Waals surface area (Å²) in [6.07, 6.45) is 4.59. The average Bonchev–Trinajstić information content (AvgIpc) is 2.77. The van der Waals surface area contributed by atoms with Crippen LogP contribution in [-0.2, 0) is 11.2 Å². The van der Waals surface area contributed by atoms with E-state index in [0.29, 0.717) is 5.88 Å². The van der Waals surface area contributed by atoms with Gasteiger partial charge in [0.2, 0.25) is 5.88 Å². The minimum absolute atomic E-state index is 0.0402. The van der Waals surface area contributed by atoms with Crippen LogP contribution in [0.5, 0.6) is 5.88 Å². The van der Waals surface area contributed by atoms with Gasteiger partial charge in [-0.3, -0.25) is 4.79 Å². The van der Waals surface area contributed by atoms with Gasteiger partial charge in [0.15, 0.2) is 6.61 Å². The van der Waals surface area contributed by atoms with E-state index in [9.17, 15) is 4.79 Å². The molecule has 1 aliphatic rings. The van der Waals surface area contributed by atoms with Gasteiger partial charge in [-0.15, -0.1) is 0 Å². The summed E-state index contributed by atoms with van der Waals surface area (Å²) in [4.78, 5) is 23.2. The van der Waals surface area contributed by atoms with Gasteiger partial charge in [0, 0.05) is 19.1 Å². The number of carbonyl (C=O) groups is 1. The molecule has 6 nitrogen and oxygen atoms in total. The van der Waals surface area contributed by atoms with Crippen molar-refractivity contribution in [3.05, 3.63) is 66.5 Å². The van der Waals surface area contributed by atoms with Crippen LogP contribution < -0.4 is 10.1 Å². The molecule has 6 heteroatoms. The van der Waals surface area contributed by atoms with Crippen molar-refractivity contribution >= 4 is 16.8 Å². The number of benzene rings is 2. The molecule has 2 heterocycles. The van der Waals surface area contributed by atoms with E-state index >= 15 is 0 Å². The summed E-state index contributed by atoms with van der Waals surface area (Å²) in [5.41, 5.74) is 2.16. The average molecular weight is 390 g/mol. The summed E-state index contributed by atoms with van der Waals surface area (Å²) in [7, 11) is 0. The van der Waals surface area contributed by atoms with Gasteiger partial charge >= 0.3 is 0 Å². The first-order chi connectivity index (χ1) is 14.3. The molecule has 1 amide bonds. The number of amides is 1. The van der Waals surface area contributed by atoms with Crippen molar-refractivity contribution in [3.8, 4) is 5.88 Å². The van der Waals surface area contributed by atoms with Crippen molar-refractivity contribution in [2.24, 2.45) is 0 Å². The minimum atomic E-state index is -0.109. The van der Waals surface area contributed by atoms with Gasteiger partial charge in [-0.2, -0.15) is 0 Å². The van der Waals surface area contributed by atoms with Crippen LogP contribution in [0.2, 0.25) is 0 Å². The van der Waals surface area contributed by atoms with E-state index in [4.69, 9.17) is 4.74 Å². The summed E-state index contributed by atoms with van der Waals surface area (Å²) >= 11 is 0. The fourth-order valence-electron chi connectivity index (χ4n) is 3.81. The maximum atomic E-state index is 12.4. The lowest BCUT2D eigenvalue weighted by Crippen LogP contribution is -2.49. The number of rotatable bonds is 7. The molecule has 0 aliphatic carbocycles. The number of nitrogens with zero attached hydrogens (tertiary/aromatic N) is 3. The zero-order chi connectivity index (χ0) is 19.9. The predicted octanol–water partition coefficient (Wildman–Crippen LogP) is 2.83. The third-order valence-electron chi connectivity index (χ3n) is 5.28. The summed E-state index contributed by atoms with van der Waals surface area (Å²) in [5.74, 6) is 0.335. The number of hydrogen-bond donors (Lipinski definition) is 1. The monoisotopic (exact) mass is 390 g/mol. The number of carbonyl (C=O) groups excluding carboxylic acids is 1. The highest BCUT2D eigenvalue weighted by atomic mass is 16.5. The van der Waals surface area contributed by atoms with Crippen LogP contribution in [0.4, 0.5) is 0 Å². The molecule has 1 unspecified atom stereocenters. The van der Waals surface area contributed by atoms with Crippen molar-refractivity contribution in [2.45, 2.75) is 25.3 Å². The van der Waals surface area contributed by atoms with Crippen LogP contribution in [0.1, 0.15) is 18.4 Å². The number of likely N-dealkylation sites (tertiary alicyclic amines) is 1. The van der Waals surface area contributed by atoms with Crippen LogP contribution in [-0.4, -0.2) is 53.1 Å². The van der Waals surface area contributed by atoms with Crippen LogP contribution in [0.25, 0.3) is 10.9 Å². The zero-order valence-corrected chi connectivity index (χ0v) is 16.5. The van der Waals surface area contributed by atoms with Crippen LogP contribution in [0.15, 0.2) is 60.9 Å². The van der Waals surface area contributed by atoms with E-state index in [1.165, 1.54) is 11.9 Å². The van der Waals surface area contributed by atoms with E-state index < -0.39 is 0 Å². The third-order valence-corrected chi connectivity index (χ3v) is 5.28. The minimum Gasteiger partial charge on any atom is -0.467 e. The summed E-state index contributed by atoms with van der Waals surface area (Å²) < 4.78 is 5.68. The Morgan fingerprint density at radius 3 is 2.83 bits per heavy atom. The molecule has 1 saturated heterocycles. The molecular weight excluding hydrogens is 364 g/mol. The van der Waals surface area contributed by atoms with Gasteiger partial charge in [-0.1, -0.05) is 42.5 Å². The Balaban J connectivity index is 1.25. The molecule has 0 spiro atoms. The van der Waals surface area contributed by atoms with Gasteiger partial charge < -0.3 is 15.0 Å². The van der Waals surface area contributed by atoms with Crippen LogP contribution in [0.3, 0.4) is 0 Å². The quantitative estimate of drug-likeness (QED) is 0.672. The Morgan fingerprint density at radius 1 is 1.10 bits per heavy atom. The van der Waals surface area contributed by atoms with Crippen LogP contribution >= 0.6 is 0 Å². The topological polar surface area (TPSA) is 67.3 Å². The van der Waals surface area contributed by atoms with Gasteiger partial charge in [-0.25, -0.2) is 9.97 Å². The molecule has 1 fully saturated rings. The highest BCUT2D eigenvalue weighted by Crippen LogP contribution is 2.20. The molecule has 1 N–H and O–H groups in total. The molecule has 0 bridgehead atoms. The molecular formula is C23H26N4O2. The van der Waals surface area contributed by atoms with Crippen molar-refractivity contribution in [1.82, 2.24) is 20.2 Å². The van der Waals surface area contributed by atoms with Gasteiger partial charge in [-0.05, 0) is 43.5 Å². The molecule has 0 saturated carbocycles. The normalized spacial score (nSPS) is 17.2. The molecule has 29 heavy (non-hydrogen) atoms. The zero-order valence-electron chi connectivity index (χ0n) is 16.5. The van der Waals surface area contributed by atoms with Crippen LogP contribution in [0, 0.1) is 0 Å². The molecule has 2 aromatic carbocycles. The number of piperidine rings is 1. The first kappa shape index (κ1) is 19.3. The van der Waals surface area contributed by atoms with Gasteiger partial charge in [0.25, 0.3) is 5.91 Å². The third kappa shape index (κ3) is 5.29. The standard InChI is InChI=1S/C23H26N4O2/c28-22(16-29-23-20-10-4-5-11-21(20)24-17-25-23)26-19-9-6-13-27(15-19)14-12-18-7-2-1-3-8-18/h1-5,7-8,10-11,17,19H,6,9,12-16H2,(H,26,28). The van der Waals surface area contributed by atoms with Crippen molar-refractivity contribution < 1.29 is 9.53 Å². The smallest absolute Gasteiger partial charge is 0.258 e. The lowest BCUT2D eigenvalue weighted by molar-refractivity contribution is -0.124. The highest BCUT2D eigenvalue weighted by molar-refractivity contribution is 5.84. The molecule has 1 aromatic heterocycles. The van der Waals surface area contributed by atoms with Crippen molar-refractivity contribution in [1.29, 1.82) is 0 Å². The number of nitrogens with one attached hydrogen (secondary N) is 1. The fourth-order valence-corrected chi connectivity index (χ4v) is 3.81. The number of ether oxygens (including phenoxy) is 1. The van der Waals surface area contributed by atoms with Crippen molar-refractivity contribution in [3.63, 3.8) is 0 Å². The second-order valence-electron chi connectivity index (χ2n) is 7.43. The fraction of sp³-hybridized carbons (Fsp3) is 0.348. The summed E-state index contributed by atoms with van der Waals surface area (Å²) in [6, 6.07) is 18.3. The predicted molar refractivity (Wildman–Crippen MR) is 113 cm³/mol. The molecule has 0 radical (unpaired) electrons. The van der Waals surface area contributed by atoms with Crippen molar-refractivity contribution in [2.75, 3.05) is 26.2 Å². The van der Waals surface area contributed by atoms with E-state index in [-0.39, 0.29) is 18.6 Å². The number of hydrogen-bond acceptors (Lipinski definition) is 5. The largest absolute Gasteiger partial charge is 0.467 e. The Labute approximate surface area is 170 Å². The second-order valence-corrected chi connectivity index (χ2v) is 7.43. The van der Waals surface area contributed by atoms with E-state index in [1.807, 2.05) is 30.3 Å². The number of aromatic nitrogens is 2. The van der Waals surface area contributed by atoms with E-state index in [2.05, 4.69) is 44.5 Å². The maximum Gasteiger partial charge on any atom is 0.258 e. The Bertz CT molecular complexity index is 943. The first-order valence-corrected chi connectivity index (χ1v) is 10.2. The van der Waals surface area contributed by atoms with E-state index in [1.54, 1.807) is 0 Å². The summed E-state index contributed by atoms with van der Waals surface area (Å²) in [5, 5.41) is 3.93. The highest BCUT2D eigenvalue weighted by Gasteiger charge is 2.21. The molecule has 150 valence electrons. The lowest BCUT2D eigenvalue weighted by Gasteiger charge is -2.33. The Hall–Kier alpha value is -2.99. The SMILES string of the molecule is O=C(COc1ncnc2ccccc12)NC1CCCN(CCc2ccccc2)C1. The first-order valence-electron chi connectivity index (χ1n) is 10.2. The molecule has 1 aliphatic heterocycles. The molecule has 1 atom stereocenters. The second kappa shape index (κ2) is 9.47. The van der Waals surface area contributed by atoms with Gasteiger partial charge in [0.1, 0.15) is 6.33 Å². The summed E-state index contributed by atoms with van der Waals surface area (Å²) in [6.45, 7) is 2.94. The lowest BCUT2D eigenvalue weighted by atomic mass is 10.0. The van der Waals surface area contributed by atoms with E-state index in [0.717, 1.165) is 49.8 Å².